The van der Waals surface area contributed by atoms with Gasteiger partial charge in [-0.15, -0.1) is 0 Å². The van der Waals surface area contributed by atoms with E-state index in [9.17, 15) is 14.7 Å². The molecule has 0 radical (unpaired) electrons. The van der Waals surface area contributed by atoms with Crippen LogP contribution in [-0.2, 0) is 4.79 Å². The molecule has 0 aliphatic carbocycles. The Kier molecular flexibility index (Phi) is 11.9. The van der Waals surface area contributed by atoms with E-state index >= 15 is 0 Å². The summed E-state index contributed by atoms with van der Waals surface area (Å²) in [7, 11) is 3.36. The van der Waals surface area contributed by atoms with Crippen molar-refractivity contribution >= 4 is 12.3 Å². The molecule has 0 saturated carbocycles. The number of carbonyl (C=O) groups is 2. The van der Waals surface area contributed by atoms with Gasteiger partial charge in [-0.1, -0.05) is 19.9 Å². The smallest absolute Gasteiger partial charge is 0.257 e. The number of amides is 2. The Bertz CT molecular complexity index is 523. The monoisotopic (exact) mass is 353 g/mol. The van der Waals surface area contributed by atoms with Crippen LogP contribution in [0, 0.1) is 0 Å². The lowest BCUT2D eigenvalue weighted by Gasteiger charge is -2.17. The molecule has 1 aromatic rings. The summed E-state index contributed by atoms with van der Waals surface area (Å²) in [6, 6.07) is 5.29. The van der Waals surface area contributed by atoms with Crippen LogP contribution < -0.4 is 15.4 Å². The minimum atomic E-state index is -0.149. The summed E-state index contributed by atoms with van der Waals surface area (Å²) in [4.78, 5) is 23.3. The fourth-order valence-corrected chi connectivity index (χ4v) is 2.29. The highest BCUT2D eigenvalue weighted by molar-refractivity contribution is 5.97. The van der Waals surface area contributed by atoms with Crippen LogP contribution in [0.3, 0.4) is 0 Å². The molecule has 7 heteroatoms. The molecule has 1 fully saturated rings. The number of phenols is 1. The zero-order valence-corrected chi connectivity index (χ0v) is 15.8. The molecular weight excluding hydrogens is 322 g/mol. The number of benzene rings is 1. The highest BCUT2D eigenvalue weighted by Crippen LogP contribution is 2.30. The number of ether oxygens (including phenoxy) is 1. The summed E-state index contributed by atoms with van der Waals surface area (Å²) >= 11 is 0. The average molecular weight is 353 g/mol. The van der Waals surface area contributed by atoms with Gasteiger partial charge in [-0.05, 0) is 32.5 Å². The second-order valence-corrected chi connectivity index (χ2v) is 5.06. The zero-order chi connectivity index (χ0) is 19.2. The van der Waals surface area contributed by atoms with Crippen molar-refractivity contribution in [3.8, 4) is 11.5 Å². The number of nitrogens with one attached hydrogen (secondary N) is 2. The van der Waals surface area contributed by atoms with Gasteiger partial charge in [0.25, 0.3) is 5.91 Å². The molecule has 1 aromatic carbocycles. The Labute approximate surface area is 150 Å². The van der Waals surface area contributed by atoms with Crippen molar-refractivity contribution in [1.29, 1.82) is 0 Å². The lowest BCUT2D eigenvalue weighted by Crippen LogP contribution is -2.33. The molecule has 7 nitrogen and oxygen atoms in total. The Balaban J connectivity index is 0.000000710. The van der Waals surface area contributed by atoms with E-state index in [0.717, 1.165) is 13.0 Å². The molecule has 1 aliphatic heterocycles. The van der Waals surface area contributed by atoms with Crippen LogP contribution >= 0.6 is 0 Å². The van der Waals surface area contributed by atoms with E-state index in [4.69, 9.17) is 4.74 Å². The maximum absolute atomic E-state index is 12.3. The van der Waals surface area contributed by atoms with Gasteiger partial charge in [-0.3, -0.25) is 9.59 Å². The van der Waals surface area contributed by atoms with Gasteiger partial charge in [-0.2, -0.15) is 0 Å². The van der Waals surface area contributed by atoms with Crippen molar-refractivity contribution in [1.82, 2.24) is 15.5 Å². The molecule has 2 rings (SSSR count). The minimum Gasteiger partial charge on any atom is -0.504 e. The third-order valence-electron chi connectivity index (χ3n) is 3.62. The van der Waals surface area contributed by atoms with E-state index in [0.29, 0.717) is 36.9 Å². The van der Waals surface area contributed by atoms with E-state index in [1.54, 1.807) is 23.1 Å². The molecule has 142 valence electrons. The summed E-state index contributed by atoms with van der Waals surface area (Å²) in [5.41, 5.74) is 0.297. The molecule has 1 heterocycles. The van der Waals surface area contributed by atoms with Crippen molar-refractivity contribution < 1.29 is 19.4 Å². The fraction of sp³-hybridized carbons (Fsp3) is 0.556. The first-order valence-electron chi connectivity index (χ1n) is 8.58. The number of likely N-dealkylation sites (tertiary alicyclic amines) is 1. The number of hydrogen-bond acceptors (Lipinski definition) is 5. The number of aromatic hydroxyl groups is 1. The number of rotatable bonds is 5. The zero-order valence-electron chi connectivity index (χ0n) is 15.8. The second kappa shape index (κ2) is 13.1. The maximum Gasteiger partial charge on any atom is 0.257 e. The summed E-state index contributed by atoms with van der Waals surface area (Å²) in [5, 5.41) is 15.5. The highest BCUT2D eigenvalue weighted by atomic mass is 16.5. The predicted octanol–water partition coefficient (Wildman–Crippen LogP) is 1.61. The van der Waals surface area contributed by atoms with E-state index in [1.165, 1.54) is 7.11 Å². The highest BCUT2D eigenvalue weighted by Gasteiger charge is 2.27. The molecule has 0 bridgehead atoms. The van der Waals surface area contributed by atoms with Gasteiger partial charge in [0.15, 0.2) is 11.5 Å². The van der Waals surface area contributed by atoms with Crippen LogP contribution in [0.4, 0.5) is 0 Å². The minimum absolute atomic E-state index is 0.0853. The standard InChI is InChI=1S/C13H18N2O3.C3H7NO.C2H6/c1-14-9-6-7-15(8-9)13(17)10-4-3-5-11(18-2)12(10)16;1-2-4-3-5;1-2/h3-5,9,14,16H,6-8H2,1-2H3;3H,2H2,1H3,(H,4,5);1-2H3. The van der Waals surface area contributed by atoms with Crippen molar-refractivity contribution in [2.45, 2.75) is 33.2 Å². The van der Waals surface area contributed by atoms with Crippen LogP contribution in [0.1, 0.15) is 37.6 Å². The van der Waals surface area contributed by atoms with Gasteiger partial charge in [-0.25, -0.2) is 0 Å². The first kappa shape index (κ1) is 22.7. The number of likely N-dealkylation sites (N-methyl/N-ethyl adjacent to an activating group) is 1. The van der Waals surface area contributed by atoms with Crippen LogP contribution in [-0.4, -0.2) is 62.2 Å². The Morgan fingerprint density at radius 1 is 1.44 bits per heavy atom. The predicted molar refractivity (Wildman–Crippen MR) is 99.1 cm³/mol. The summed E-state index contributed by atoms with van der Waals surface area (Å²) in [5.74, 6) is 0.0901. The SMILES string of the molecule is CC.CCNC=O.CNC1CCN(C(=O)c2cccc(OC)c2O)C1. The topological polar surface area (TPSA) is 90.9 Å². The third-order valence-corrected chi connectivity index (χ3v) is 3.62. The molecule has 3 N–H and O–H groups in total. The Hall–Kier alpha value is -2.28. The number of carbonyl (C=O) groups excluding carboxylic acids is 2. The third kappa shape index (κ3) is 7.01. The molecule has 0 aromatic heterocycles. The maximum atomic E-state index is 12.3. The molecule has 1 atom stereocenters. The van der Waals surface area contributed by atoms with Crippen molar-refractivity contribution in [2.24, 2.45) is 0 Å². The van der Waals surface area contributed by atoms with Crippen LogP contribution in [0.2, 0.25) is 0 Å². The molecule has 2 amide bonds. The molecule has 0 spiro atoms. The normalized spacial score (nSPS) is 15.2. The lowest BCUT2D eigenvalue weighted by atomic mass is 10.1. The van der Waals surface area contributed by atoms with E-state index in [-0.39, 0.29) is 11.7 Å². The average Bonchev–Trinajstić information content (AvgIpc) is 3.13. The van der Waals surface area contributed by atoms with Crippen molar-refractivity contribution in [3.05, 3.63) is 23.8 Å². The Morgan fingerprint density at radius 3 is 2.56 bits per heavy atom. The summed E-state index contributed by atoms with van der Waals surface area (Å²) in [6.45, 7) is 7.98. The molecule has 1 aliphatic rings. The fourth-order valence-electron chi connectivity index (χ4n) is 2.29. The van der Waals surface area contributed by atoms with E-state index in [2.05, 4.69) is 10.6 Å². The van der Waals surface area contributed by atoms with Gasteiger partial charge in [0.1, 0.15) is 0 Å². The summed E-state index contributed by atoms with van der Waals surface area (Å²) < 4.78 is 5.01. The van der Waals surface area contributed by atoms with Crippen molar-refractivity contribution in [3.63, 3.8) is 0 Å². The van der Waals surface area contributed by atoms with Gasteiger partial charge >= 0.3 is 0 Å². The molecule has 1 saturated heterocycles. The van der Waals surface area contributed by atoms with Gasteiger partial charge in [0, 0.05) is 25.7 Å². The Morgan fingerprint density at radius 2 is 2.12 bits per heavy atom. The second-order valence-electron chi connectivity index (χ2n) is 5.06. The molecule has 25 heavy (non-hydrogen) atoms. The van der Waals surface area contributed by atoms with Crippen molar-refractivity contribution in [2.75, 3.05) is 33.8 Å². The van der Waals surface area contributed by atoms with Gasteiger partial charge in [0.05, 0.1) is 12.7 Å². The van der Waals surface area contributed by atoms with Gasteiger partial charge in [0.2, 0.25) is 6.41 Å². The summed E-state index contributed by atoms with van der Waals surface area (Å²) in [6.07, 6.45) is 1.62. The van der Waals surface area contributed by atoms with Crippen LogP contribution in [0.25, 0.3) is 0 Å². The largest absolute Gasteiger partial charge is 0.504 e. The van der Waals surface area contributed by atoms with E-state index in [1.807, 2.05) is 27.8 Å². The number of phenolic OH excluding ortho intramolecular Hbond substituents is 1. The number of para-hydroxylation sites is 1. The molecular formula is C18H31N3O4. The molecule has 1 unspecified atom stereocenters. The first-order chi connectivity index (χ1) is 12.1. The van der Waals surface area contributed by atoms with E-state index < -0.39 is 0 Å². The van der Waals surface area contributed by atoms with Crippen LogP contribution in [0.5, 0.6) is 11.5 Å². The van der Waals surface area contributed by atoms with Gasteiger partial charge < -0.3 is 25.4 Å². The number of nitrogens with zero attached hydrogens (tertiary/aromatic N) is 1. The lowest BCUT2D eigenvalue weighted by molar-refractivity contribution is -0.109. The quantitative estimate of drug-likeness (QED) is 0.700. The first-order valence-corrected chi connectivity index (χ1v) is 8.58. The number of hydrogen-bond donors (Lipinski definition) is 3. The number of methoxy groups -OCH3 is 1. The van der Waals surface area contributed by atoms with Crippen LogP contribution in [0.15, 0.2) is 18.2 Å².